The second-order valence-corrected chi connectivity index (χ2v) is 7.45. The van der Waals surface area contributed by atoms with Gasteiger partial charge in [0.1, 0.15) is 6.42 Å². The number of amides is 1. The smallest absolute Gasteiger partial charge is 0.234 e. The van der Waals surface area contributed by atoms with E-state index in [1.54, 1.807) is 0 Å². The number of nitrogens with zero attached hydrogens (tertiary/aromatic N) is 4. The first-order valence-corrected chi connectivity index (χ1v) is 8.83. The fourth-order valence-corrected chi connectivity index (χ4v) is 4.03. The molecule has 0 atom stereocenters. The maximum absolute atomic E-state index is 11.5. The van der Waals surface area contributed by atoms with E-state index in [1.807, 2.05) is 29.1 Å². The minimum Gasteiger partial charge on any atom is -0.349 e. The molecule has 126 valence electrons. The SMILES string of the molecule is Cc1ccc(CN2CCc3c(CNC(=O)CC#N)nn(C)c3C2)s1. The molecule has 0 radical (unpaired) electrons. The summed E-state index contributed by atoms with van der Waals surface area (Å²) in [5.74, 6) is -0.248. The van der Waals surface area contributed by atoms with Crippen LogP contribution in [0.5, 0.6) is 0 Å². The van der Waals surface area contributed by atoms with Gasteiger partial charge in [-0.2, -0.15) is 10.4 Å². The molecule has 0 saturated carbocycles. The number of rotatable bonds is 5. The number of carbonyl (C=O) groups is 1. The number of thiophene rings is 1. The molecular formula is C17H21N5OS. The number of hydrogen-bond acceptors (Lipinski definition) is 5. The second-order valence-electron chi connectivity index (χ2n) is 6.08. The van der Waals surface area contributed by atoms with Gasteiger partial charge >= 0.3 is 0 Å². The van der Waals surface area contributed by atoms with E-state index in [4.69, 9.17) is 5.26 Å². The van der Waals surface area contributed by atoms with Crippen molar-refractivity contribution >= 4 is 17.2 Å². The minimum atomic E-state index is -0.248. The second kappa shape index (κ2) is 7.16. The fraction of sp³-hybridized carbons (Fsp3) is 0.471. The van der Waals surface area contributed by atoms with E-state index in [1.165, 1.54) is 21.0 Å². The topological polar surface area (TPSA) is 74.0 Å². The van der Waals surface area contributed by atoms with Crippen molar-refractivity contribution in [1.29, 1.82) is 5.26 Å². The molecule has 7 heteroatoms. The molecule has 1 aliphatic rings. The van der Waals surface area contributed by atoms with E-state index < -0.39 is 0 Å². The summed E-state index contributed by atoms with van der Waals surface area (Å²) in [4.78, 5) is 16.6. The zero-order valence-corrected chi connectivity index (χ0v) is 14.8. The lowest BCUT2D eigenvalue weighted by Gasteiger charge is -2.27. The third kappa shape index (κ3) is 3.66. The van der Waals surface area contributed by atoms with E-state index >= 15 is 0 Å². The molecule has 0 saturated heterocycles. The molecule has 0 fully saturated rings. The van der Waals surface area contributed by atoms with Crippen LogP contribution in [0.15, 0.2) is 12.1 Å². The van der Waals surface area contributed by atoms with Crippen molar-refractivity contribution in [1.82, 2.24) is 20.0 Å². The van der Waals surface area contributed by atoms with Gasteiger partial charge in [-0.05, 0) is 25.5 Å². The average Bonchev–Trinajstić information content (AvgIpc) is 3.09. The number of nitriles is 1. The standard InChI is InChI=1S/C17H21N5OS/c1-12-3-4-13(24-12)10-22-8-6-14-15(9-19-17(23)5-7-18)20-21(2)16(14)11-22/h3-4H,5-6,8-11H2,1-2H3,(H,19,23). The summed E-state index contributed by atoms with van der Waals surface area (Å²) >= 11 is 1.85. The number of aryl methyl sites for hydroxylation is 2. The Kier molecular flexibility index (Phi) is 4.97. The molecule has 2 aromatic rings. The summed E-state index contributed by atoms with van der Waals surface area (Å²) in [6.07, 6.45) is 0.833. The highest BCUT2D eigenvalue weighted by molar-refractivity contribution is 7.11. The summed E-state index contributed by atoms with van der Waals surface area (Å²) in [6, 6.07) is 6.23. The molecule has 6 nitrogen and oxygen atoms in total. The van der Waals surface area contributed by atoms with Crippen molar-refractivity contribution in [2.24, 2.45) is 7.05 Å². The first kappa shape index (κ1) is 16.7. The highest BCUT2D eigenvalue weighted by Crippen LogP contribution is 2.25. The highest BCUT2D eigenvalue weighted by Gasteiger charge is 2.24. The van der Waals surface area contributed by atoms with Gasteiger partial charge in [-0.3, -0.25) is 14.4 Å². The molecule has 3 heterocycles. The Morgan fingerprint density at radius 2 is 2.33 bits per heavy atom. The van der Waals surface area contributed by atoms with Gasteiger partial charge in [0.15, 0.2) is 0 Å². The van der Waals surface area contributed by atoms with Gasteiger partial charge in [-0.15, -0.1) is 11.3 Å². The molecule has 24 heavy (non-hydrogen) atoms. The lowest BCUT2D eigenvalue weighted by atomic mass is 10.0. The van der Waals surface area contributed by atoms with E-state index in [-0.39, 0.29) is 12.3 Å². The number of fused-ring (bicyclic) bond motifs is 1. The maximum Gasteiger partial charge on any atom is 0.234 e. The summed E-state index contributed by atoms with van der Waals surface area (Å²) in [5.41, 5.74) is 3.39. The van der Waals surface area contributed by atoms with Gasteiger partial charge in [0, 0.05) is 42.0 Å². The van der Waals surface area contributed by atoms with Crippen molar-refractivity contribution in [3.05, 3.63) is 38.8 Å². The summed E-state index contributed by atoms with van der Waals surface area (Å²) in [7, 11) is 1.96. The van der Waals surface area contributed by atoms with Crippen molar-refractivity contribution in [2.45, 2.75) is 39.4 Å². The largest absolute Gasteiger partial charge is 0.349 e. The van der Waals surface area contributed by atoms with Gasteiger partial charge < -0.3 is 5.32 Å². The number of carbonyl (C=O) groups excluding carboxylic acids is 1. The van der Waals surface area contributed by atoms with Crippen LogP contribution in [-0.4, -0.2) is 27.1 Å². The highest BCUT2D eigenvalue weighted by atomic mass is 32.1. The predicted octanol–water partition coefficient (Wildman–Crippen LogP) is 1.88. The monoisotopic (exact) mass is 343 g/mol. The van der Waals surface area contributed by atoms with Gasteiger partial charge in [0.05, 0.1) is 24.0 Å². The van der Waals surface area contributed by atoms with E-state index in [0.29, 0.717) is 6.54 Å². The Morgan fingerprint density at radius 1 is 1.50 bits per heavy atom. The molecule has 0 aromatic carbocycles. The Labute approximate surface area is 145 Å². The first-order valence-electron chi connectivity index (χ1n) is 8.01. The average molecular weight is 343 g/mol. The van der Waals surface area contributed by atoms with Crippen LogP contribution in [0.3, 0.4) is 0 Å². The molecule has 3 rings (SSSR count). The third-order valence-electron chi connectivity index (χ3n) is 4.28. The summed E-state index contributed by atoms with van der Waals surface area (Å²) in [5, 5.41) is 15.9. The summed E-state index contributed by atoms with van der Waals surface area (Å²) < 4.78 is 1.92. The molecule has 1 aliphatic heterocycles. The zero-order chi connectivity index (χ0) is 17.1. The van der Waals surface area contributed by atoms with Crippen molar-refractivity contribution in [2.75, 3.05) is 6.54 Å². The van der Waals surface area contributed by atoms with Crippen molar-refractivity contribution < 1.29 is 4.79 Å². The number of nitrogens with one attached hydrogen (secondary N) is 1. The van der Waals surface area contributed by atoms with E-state index in [9.17, 15) is 4.79 Å². The Bertz CT molecular complexity index is 785. The quantitative estimate of drug-likeness (QED) is 0.899. The maximum atomic E-state index is 11.5. The first-order chi connectivity index (χ1) is 11.6. The van der Waals surface area contributed by atoms with Gasteiger partial charge in [-0.1, -0.05) is 0 Å². The summed E-state index contributed by atoms with van der Waals surface area (Å²) in [6.45, 7) is 5.37. The van der Waals surface area contributed by atoms with Crippen LogP contribution in [0.4, 0.5) is 0 Å². The molecule has 1 N–H and O–H groups in total. The van der Waals surface area contributed by atoms with Crippen LogP contribution in [0.25, 0.3) is 0 Å². The Balaban J connectivity index is 1.66. The molecule has 1 amide bonds. The van der Waals surface area contributed by atoms with E-state index in [2.05, 4.69) is 34.4 Å². The van der Waals surface area contributed by atoms with Crippen molar-refractivity contribution in [3.63, 3.8) is 0 Å². The molecule has 2 aromatic heterocycles. The lowest BCUT2D eigenvalue weighted by Crippen LogP contribution is -2.31. The number of aromatic nitrogens is 2. The zero-order valence-electron chi connectivity index (χ0n) is 14.0. The number of hydrogen-bond donors (Lipinski definition) is 1. The van der Waals surface area contributed by atoms with Crippen LogP contribution in [0.1, 0.15) is 33.1 Å². The minimum absolute atomic E-state index is 0.108. The molecule has 0 spiro atoms. The Hall–Kier alpha value is -2.17. The van der Waals surface area contributed by atoms with Crippen LogP contribution >= 0.6 is 11.3 Å². The normalized spacial score (nSPS) is 14.2. The molecule has 0 unspecified atom stereocenters. The Morgan fingerprint density at radius 3 is 3.04 bits per heavy atom. The third-order valence-corrected chi connectivity index (χ3v) is 5.26. The van der Waals surface area contributed by atoms with Crippen LogP contribution in [0.2, 0.25) is 0 Å². The fourth-order valence-electron chi connectivity index (χ4n) is 3.09. The van der Waals surface area contributed by atoms with Crippen LogP contribution in [-0.2, 0) is 37.9 Å². The molecular weight excluding hydrogens is 322 g/mol. The molecule has 0 aliphatic carbocycles. The molecule has 0 bridgehead atoms. The van der Waals surface area contributed by atoms with Gasteiger partial charge in [-0.25, -0.2) is 0 Å². The van der Waals surface area contributed by atoms with Crippen molar-refractivity contribution in [3.8, 4) is 6.07 Å². The van der Waals surface area contributed by atoms with Crippen LogP contribution < -0.4 is 5.32 Å². The van der Waals surface area contributed by atoms with Crippen LogP contribution in [0, 0.1) is 18.3 Å². The lowest BCUT2D eigenvalue weighted by molar-refractivity contribution is -0.120. The van der Waals surface area contributed by atoms with Gasteiger partial charge in [0.2, 0.25) is 5.91 Å². The predicted molar refractivity (Wildman–Crippen MR) is 92.2 cm³/mol. The van der Waals surface area contributed by atoms with Gasteiger partial charge in [0.25, 0.3) is 0 Å². The van der Waals surface area contributed by atoms with E-state index in [0.717, 1.165) is 31.7 Å².